The SMILES string of the molecule is CCCc1cc(NCC)nc(Cc2ccc(Cl)cc2)n1. The molecule has 0 radical (unpaired) electrons. The lowest BCUT2D eigenvalue weighted by atomic mass is 10.1. The van der Waals surface area contributed by atoms with Gasteiger partial charge in [0.1, 0.15) is 11.6 Å². The lowest BCUT2D eigenvalue weighted by molar-refractivity contribution is 0.841. The molecule has 1 aromatic carbocycles. The van der Waals surface area contributed by atoms with Gasteiger partial charge in [0.15, 0.2) is 0 Å². The van der Waals surface area contributed by atoms with Gasteiger partial charge in [-0.25, -0.2) is 9.97 Å². The molecule has 1 aromatic heterocycles. The summed E-state index contributed by atoms with van der Waals surface area (Å²) in [6.07, 6.45) is 2.80. The Labute approximate surface area is 125 Å². The van der Waals surface area contributed by atoms with Crippen LogP contribution in [0.4, 0.5) is 5.82 Å². The van der Waals surface area contributed by atoms with Crippen molar-refractivity contribution in [2.24, 2.45) is 0 Å². The van der Waals surface area contributed by atoms with Crippen LogP contribution in [0.3, 0.4) is 0 Å². The molecule has 0 saturated heterocycles. The highest BCUT2D eigenvalue weighted by molar-refractivity contribution is 6.30. The first kappa shape index (κ1) is 14.8. The Kier molecular flexibility index (Phi) is 5.36. The Bertz CT molecular complexity index is 528. The third kappa shape index (κ3) is 4.20. The number of rotatable bonds is 6. The van der Waals surface area contributed by atoms with E-state index in [4.69, 9.17) is 11.6 Å². The second-order valence-corrected chi connectivity index (χ2v) is 5.18. The summed E-state index contributed by atoms with van der Waals surface area (Å²) in [5, 5.41) is 4.02. The highest BCUT2D eigenvalue weighted by Gasteiger charge is 2.05. The van der Waals surface area contributed by atoms with Crippen molar-refractivity contribution in [1.29, 1.82) is 0 Å². The molecule has 0 amide bonds. The van der Waals surface area contributed by atoms with Crippen LogP contribution < -0.4 is 5.32 Å². The van der Waals surface area contributed by atoms with Crippen LogP contribution in [-0.4, -0.2) is 16.5 Å². The Morgan fingerprint density at radius 3 is 2.50 bits per heavy atom. The zero-order chi connectivity index (χ0) is 14.4. The predicted molar refractivity (Wildman–Crippen MR) is 84.4 cm³/mol. The fourth-order valence-corrected chi connectivity index (χ4v) is 2.20. The summed E-state index contributed by atoms with van der Waals surface area (Å²) < 4.78 is 0. The minimum Gasteiger partial charge on any atom is -0.370 e. The third-order valence-electron chi connectivity index (χ3n) is 2.97. The van der Waals surface area contributed by atoms with Gasteiger partial charge >= 0.3 is 0 Å². The second kappa shape index (κ2) is 7.25. The zero-order valence-electron chi connectivity index (χ0n) is 12.0. The number of benzene rings is 1. The maximum absolute atomic E-state index is 5.91. The first-order valence-corrected chi connectivity index (χ1v) is 7.44. The van der Waals surface area contributed by atoms with Gasteiger partial charge < -0.3 is 5.32 Å². The van der Waals surface area contributed by atoms with Gasteiger partial charge in [0.05, 0.1) is 0 Å². The molecule has 4 heteroatoms. The first-order valence-electron chi connectivity index (χ1n) is 7.06. The Morgan fingerprint density at radius 2 is 1.85 bits per heavy atom. The lowest BCUT2D eigenvalue weighted by Gasteiger charge is -2.08. The fourth-order valence-electron chi connectivity index (χ4n) is 2.07. The quantitative estimate of drug-likeness (QED) is 0.870. The molecule has 0 spiro atoms. The highest BCUT2D eigenvalue weighted by atomic mass is 35.5. The summed E-state index contributed by atoms with van der Waals surface area (Å²) in [5.74, 6) is 1.77. The summed E-state index contributed by atoms with van der Waals surface area (Å²) in [6, 6.07) is 9.88. The average Bonchev–Trinajstić information content (AvgIpc) is 2.42. The molecule has 2 aromatic rings. The zero-order valence-corrected chi connectivity index (χ0v) is 12.7. The van der Waals surface area contributed by atoms with Gasteiger partial charge in [-0.1, -0.05) is 37.1 Å². The molecule has 0 saturated carbocycles. The second-order valence-electron chi connectivity index (χ2n) is 4.74. The van der Waals surface area contributed by atoms with Gasteiger partial charge in [-0.05, 0) is 31.0 Å². The van der Waals surface area contributed by atoms with Gasteiger partial charge in [-0.3, -0.25) is 0 Å². The van der Waals surface area contributed by atoms with E-state index in [1.165, 1.54) is 5.56 Å². The van der Waals surface area contributed by atoms with Crippen molar-refractivity contribution >= 4 is 17.4 Å². The number of aryl methyl sites for hydroxylation is 1. The molecule has 1 N–H and O–H groups in total. The van der Waals surface area contributed by atoms with Crippen LogP contribution >= 0.6 is 11.6 Å². The van der Waals surface area contributed by atoms with Gasteiger partial charge in [0.2, 0.25) is 0 Å². The van der Waals surface area contributed by atoms with Crippen LogP contribution in [0.15, 0.2) is 30.3 Å². The molecule has 0 fully saturated rings. The molecule has 0 atom stereocenters. The van der Waals surface area contributed by atoms with Crippen LogP contribution in [0.2, 0.25) is 5.02 Å². The van der Waals surface area contributed by atoms with Crippen LogP contribution in [0, 0.1) is 0 Å². The van der Waals surface area contributed by atoms with E-state index < -0.39 is 0 Å². The number of hydrogen-bond acceptors (Lipinski definition) is 3. The highest BCUT2D eigenvalue weighted by Crippen LogP contribution is 2.14. The van der Waals surface area contributed by atoms with Crippen LogP contribution in [0.25, 0.3) is 0 Å². The molecule has 0 bridgehead atoms. The molecule has 0 aliphatic rings. The summed E-state index contributed by atoms with van der Waals surface area (Å²) in [7, 11) is 0. The molecule has 0 unspecified atom stereocenters. The van der Waals surface area contributed by atoms with Crippen molar-refractivity contribution < 1.29 is 0 Å². The Morgan fingerprint density at radius 1 is 1.10 bits per heavy atom. The Hall–Kier alpha value is -1.61. The molecule has 0 aliphatic carbocycles. The van der Waals surface area contributed by atoms with Gasteiger partial charge in [0.25, 0.3) is 0 Å². The van der Waals surface area contributed by atoms with Crippen molar-refractivity contribution in [3.8, 4) is 0 Å². The molecule has 20 heavy (non-hydrogen) atoms. The van der Waals surface area contributed by atoms with E-state index in [9.17, 15) is 0 Å². The van der Waals surface area contributed by atoms with Gasteiger partial charge in [-0.2, -0.15) is 0 Å². The normalized spacial score (nSPS) is 10.6. The standard InChI is InChI=1S/C16H20ClN3/c1-3-5-14-11-15(18-4-2)20-16(19-14)10-12-6-8-13(17)9-7-12/h6-9,11H,3-5,10H2,1-2H3,(H,18,19,20). The van der Waals surface area contributed by atoms with Gasteiger partial charge in [0, 0.05) is 29.7 Å². The average molecular weight is 290 g/mol. The molecule has 1 heterocycles. The van der Waals surface area contributed by atoms with Crippen molar-refractivity contribution in [3.63, 3.8) is 0 Å². The molecular weight excluding hydrogens is 270 g/mol. The van der Waals surface area contributed by atoms with E-state index in [0.717, 1.165) is 48.2 Å². The number of nitrogens with one attached hydrogen (secondary N) is 1. The third-order valence-corrected chi connectivity index (χ3v) is 3.22. The number of hydrogen-bond donors (Lipinski definition) is 1. The number of aromatic nitrogens is 2. The van der Waals surface area contributed by atoms with Crippen LogP contribution in [0.5, 0.6) is 0 Å². The molecule has 2 rings (SSSR count). The number of anilines is 1. The van der Waals surface area contributed by atoms with Crippen LogP contribution in [0.1, 0.15) is 37.4 Å². The van der Waals surface area contributed by atoms with E-state index in [2.05, 4.69) is 29.1 Å². The van der Waals surface area contributed by atoms with E-state index in [-0.39, 0.29) is 0 Å². The van der Waals surface area contributed by atoms with Crippen molar-refractivity contribution in [3.05, 3.63) is 52.4 Å². The smallest absolute Gasteiger partial charge is 0.135 e. The minimum absolute atomic E-state index is 0.729. The molecule has 3 nitrogen and oxygen atoms in total. The minimum atomic E-state index is 0.729. The summed E-state index contributed by atoms with van der Waals surface area (Å²) >= 11 is 5.91. The van der Waals surface area contributed by atoms with E-state index in [0.29, 0.717) is 0 Å². The van der Waals surface area contributed by atoms with E-state index >= 15 is 0 Å². The Balaban J connectivity index is 2.22. The lowest BCUT2D eigenvalue weighted by Crippen LogP contribution is -2.06. The molecule has 106 valence electrons. The number of halogens is 1. The first-order chi connectivity index (χ1) is 9.71. The molecular formula is C16H20ClN3. The molecule has 0 aliphatic heterocycles. The largest absolute Gasteiger partial charge is 0.370 e. The van der Waals surface area contributed by atoms with E-state index in [1.54, 1.807) is 0 Å². The summed E-state index contributed by atoms with van der Waals surface area (Å²) in [4.78, 5) is 9.21. The fraction of sp³-hybridized carbons (Fsp3) is 0.375. The number of nitrogens with zero attached hydrogens (tertiary/aromatic N) is 2. The predicted octanol–water partition coefficient (Wildman–Crippen LogP) is 4.11. The maximum Gasteiger partial charge on any atom is 0.135 e. The summed E-state index contributed by atoms with van der Waals surface area (Å²) in [5.41, 5.74) is 2.27. The summed E-state index contributed by atoms with van der Waals surface area (Å²) in [6.45, 7) is 5.09. The van der Waals surface area contributed by atoms with E-state index in [1.807, 2.05) is 30.3 Å². The topological polar surface area (TPSA) is 37.8 Å². The van der Waals surface area contributed by atoms with Gasteiger partial charge in [-0.15, -0.1) is 0 Å². The monoisotopic (exact) mass is 289 g/mol. The maximum atomic E-state index is 5.91. The van der Waals surface area contributed by atoms with Crippen molar-refractivity contribution in [2.45, 2.75) is 33.1 Å². The van der Waals surface area contributed by atoms with Crippen molar-refractivity contribution in [1.82, 2.24) is 9.97 Å². The van der Waals surface area contributed by atoms with Crippen molar-refractivity contribution in [2.75, 3.05) is 11.9 Å². The van der Waals surface area contributed by atoms with Crippen LogP contribution in [-0.2, 0) is 12.8 Å².